The first-order chi connectivity index (χ1) is 14.7. The molecule has 1 aromatic carbocycles. The third kappa shape index (κ3) is 4.76. The predicted octanol–water partition coefficient (Wildman–Crippen LogP) is 4.21. The highest BCUT2D eigenvalue weighted by molar-refractivity contribution is 6.08. The molecule has 0 unspecified atom stereocenters. The highest BCUT2D eigenvalue weighted by Gasteiger charge is 2.52. The smallest absolute Gasteiger partial charge is 0.344 e. The number of rotatable bonds is 4. The van der Waals surface area contributed by atoms with Gasteiger partial charge in [-0.05, 0) is 46.8 Å². The Morgan fingerprint density at radius 2 is 1.56 bits per heavy atom. The Labute approximate surface area is 190 Å². The number of hydrogen-bond acceptors (Lipinski definition) is 4. The Morgan fingerprint density at radius 1 is 1.03 bits per heavy atom. The lowest BCUT2D eigenvalue weighted by Gasteiger charge is -2.30. The molecule has 0 aromatic heterocycles. The molecule has 1 aliphatic heterocycles. The highest BCUT2D eigenvalue weighted by atomic mass is 16.3. The first-order valence-electron chi connectivity index (χ1n) is 11.6. The number of aromatic hydroxyl groups is 1. The number of carbonyl (C=O) groups excluding carboxylic acids is 3. The maximum absolute atomic E-state index is 12.9. The van der Waals surface area contributed by atoms with Gasteiger partial charge in [0, 0.05) is 6.42 Å². The number of imide groups is 1. The van der Waals surface area contributed by atoms with Crippen molar-refractivity contribution in [3.63, 3.8) is 0 Å². The molecule has 7 nitrogen and oxygen atoms in total. The van der Waals surface area contributed by atoms with Crippen molar-refractivity contribution in [2.45, 2.75) is 103 Å². The van der Waals surface area contributed by atoms with Gasteiger partial charge in [-0.15, -0.1) is 0 Å². The quantitative estimate of drug-likeness (QED) is 0.607. The predicted molar refractivity (Wildman–Crippen MR) is 123 cm³/mol. The van der Waals surface area contributed by atoms with Crippen LogP contribution in [0.3, 0.4) is 0 Å². The zero-order chi connectivity index (χ0) is 23.9. The number of carbonyl (C=O) groups is 3. The Kier molecular flexibility index (Phi) is 6.33. The van der Waals surface area contributed by atoms with Crippen LogP contribution in [0.15, 0.2) is 12.1 Å². The van der Waals surface area contributed by atoms with Crippen LogP contribution in [0.1, 0.15) is 96.8 Å². The summed E-state index contributed by atoms with van der Waals surface area (Å²) >= 11 is 0. The van der Waals surface area contributed by atoms with E-state index in [0.717, 1.165) is 41.0 Å². The Morgan fingerprint density at radius 3 is 2.06 bits per heavy atom. The van der Waals surface area contributed by atoms with E-state index in [-0.39, 0.29) is 29.1 Å². The molecule has 2 aliphatic rings. The minimum Gasteiger partial charge on any atom is -0.507 e. The number of benzene rings is 1. The summed E-state index contributed by atoms with van der Waals surface area (Å²) in [5.74, 6) is -0.440. The van der Waals surface area contributed by atoms with E-state index in [2.05, 4.69) is 10.7 Å². The molecule has 3 N–H and O–H groups in total. The van der Waals surface area contributed by atoms with E-state index in [4.69, 9.17) is 0 Å². The molecule has 1 saturated carbocycles. The number of hydrogen-bond donors (Lipinski definition) is 3. The number of amides is 4. The van der Waals surface area contributed by atoms with Crippen molar-refractivity contribution in [3.8, 4) is 5.75 Å². The number of nitrogens with zero attached hydrogens (tertiary/aromatic N) is 1. The molecule has 3 rings (SSSR count). The van der Waals surface area contributed by atoms with Gasteiger partial charge in [0.15, 0.2) is 0 Å². The number of urea groups is 1. The van der Waals surface area contributed by atoms with Crippen LogP contribution in [0.25, 0.3) is 0 Å². The molecule has 1 aromatic rings. The molecule has 2 fully saturated rings. The topological polar surface area (TPSA) is 98.7 Å². The van der Waals surface area contributed by atoms with Crippen molar-refractivity contribution in [1.82, 2.24) is 15.8 Å². The van der Waals surface area contributed by atoms with Gasteiger partial charge < -0.3 is 10.4 Å². The van der Waals surface area contributed by atoms with Crippen molar-refractivity contribution in [1.29, 1.82) is 0 Å². The van der Waals surface area contributed by atoms with E-state index in [9.17, 15) is 19.5 Å². The lowest BCUT2D eigenvalue weighted by molar-refractivity contribution is -0.139. The molecule has 1 aliphatic carbocycles. The van der Waals surface area contributed by atoms with E-state index in [1.807, 2.05) is 53.7 Å². The van der Waals surface area contributed by atoms with E-state index >= 15 is 0 Å². The lowest BCUT2D eigenvalue weighted by atomic mass is 9.78. The van der Waals surface area contributed by atoms with Crippen molar-refractivity contribution >= 4 is 17.8 Å². The number of hydrazine groups is 1. The van der Waals surface area contributed by atoms with Gasteiger partial charge in [-0.3, -0.25) is 15.0 Å². The molecule has 1 saturated heterocycles. The van der Waals surface area contributed by atoms with Crippen LogP contribution in [-0.4, -0.2) is 33.5 Å². The molecule has 32 heavy (non-hydrogen) atoms. The standard InChI is InChI=1S/C25H37N3O4/c1-23(2,3)17-14-16(15-18(20(17)30)24(4,5)6)10-11-19(29)27-28-21(31)25(26-22(28)32)12-8-7-9-13-25/h14-15,30H,7-13H2,1-6H3,(H,26,32)(H,27,29). The fourth-order valence-electron chi connectivity index (χ4n) is 4.64. The second kappa shape index (κ2) is 8.41. The Balaban J connectivity index is 1.72. The highest BCUT2D eigenvalue weighted by Crippen LogP contribution is 2.40. The first kappa shape index (κ1) is 24.1. The third-order valence-corrected chi connectivity index (χ3v) is 6.53. The monoisotopic (exact) mass is 443 g/mol. The number of nitrogens with one attached hydrogen (secondary N) is 2. The SMILES string of the molecule is CC(C)(C)c1cc(CCC(=O)NN2C(=O)NC3(CCCCC3)C2=O)cc(C(C)(C)C)c1O. The van der Waals surface area contributed by atoms with Gasteiger partial charge >= 0.3 is 6.03 Å². The molecular weight excluding hydrogens is 406 g/mol. The molecule has 0 bridgehead atoms. The van der Waals surface area contributed by atoms with E-state index < -0.39 is 11.6 Å². The van der Waals surface area contributed by atoms with Crippen LogP contribution >= 0.6 is 0 Å². The maximum Gasteiger partial charge on any atom is 0.344 e. The van der Waals surface area contributed by atoms with Crippen LogP contribution in [-0.2, 0) is 26.8 Å². The average molecular weight is 444 g/mol. The van der Waals surface area contributed by atoms with Crippen molar-refractivity contribution in [3.05, 3.63) is 28.8 Å². The molecule has 176 valence electrons. The largest absolute Gasteiger partial charge is 0.507 e. The van der Waals surface area contributed by atoms with Gasteiger partial charge in [-0.2, -0.15) is 5.01 Å². The van der Waals surface area contributed by atoms with Crippen LogP contribution in [0.4, 0.5) is 4.79 Å². The zero-order valence-corrected chi connectivity index (χ0v) is 20.2. The number of phenolic OH excluding ortho intramolecular Hbond substituents is 1. The summed E-state index contributed by atoms with van der Waals surface area (Å²) < 4.78 is 0. The molecule has 1 spiro atoms. The van der Waals surface area contributed by atoms with Crippen LogP contribution in [0, 0.1) is 0 Å². The molecule has 0 atom stereocenters. The lowest BCUT2D eigenvalue weighted by Crippen LogP contribution is -2.51. The van der Waals surface area contributed by atoms with Crippen LogP contribution in [0.2, 0.25) is 0 Å². The van der Waals surface area contributed by atoms with Gasteiger partial charge in [0.2, 0.25) is 5.91 Å². The molecule has 4 amide bonds. The van der Waals surface area contributed by atoms with Crippen LogP contribution in [0.5, 0.6) is 5.75 Å². The molecule has 1 heterocycles. The first-order valence-corrected chi connectivity index (χ1v) is 11.6. The average Bonchev–Trinajstić information content (AvgIpc) is 2.90. The fourth-order valence-corrected chi connectivity index (χ4v) is 4.64. The van der Waals surface area contributed by atoms with Gasteiger partial charge in [0.25, 0.3) is 5.91 Å². The molecular formula is C25H37N3O4. The number of phenols is 1. The Bertz CT molecular complexity index is 883. The van der Waals surface area contributed by atoms with E-state index in [0.29, 0.717) is 25.0 Å². The second-order valence-electron chi connectivity index (χ2n) is 11.3. The second-order valence-corrected chi connectivity index (χ2v) is 11.3. The summed E-state index contributed by atoms with van der Waals surface area (Å²) in [6.07, 6.45) is 4.62. The van der Waals surface area contributed by atoms with Gasteiger partial charge in [0.1, 0.15) is 11.3 Å². The van der Waals surface area contributed by atoms with Crippen molar-refractivity contribution in [2.75, 3.05) is 0 Å². The van der Waals surface area contributed by atoms with Gasteiger partial charge in [-0.1, -0.05) is 72.9 Å². The summed E-state index contributed by atoms with van der Waals surface area (Å²) in [5, 5.41) is 14.5. The summed E-state index contributed by atoms with van der Waals surface area (Å²) in [6.45, 7) is 12.3. The summed E-state index contributed by atoms with van der Waals surface area (Å²) in [5.41, 5.74) is 3.76. The molecule has 7 heteroatoms. The van der Waals surface area contributed by atoms with Crippen molar-refractivity contribution < 1.29 is 19.5 Å². The van der Waals surface area contributed by atoms with E-state index in [1.54, 1.807) is 0 Å². The minimum absolute atomic E-state index is 0.127. The fraction of sp³-hybridized carbons (Fsp3) is 0.640. The summed E-state index contributed by atoms with van der Waals surface area (Å²) in [6, 6.07) is 3.34. The summed E-state index contributed by atoms with van der Waals surface area (Å²) in [7, 11) is 0. The third-order valence-electron chi connectivity index (χ3n) is 6.53. The van der Waals surface area contributed by atoms with E-state index in [1.165, 1.54) is 0 Å². The zero-order valence-electron chi connectivity index (χ0n) is 20.2. The van der Waals surface area contributed by atoms with Gasteiger partial charge in [0.05, 0.1) is 0 Å². The summed E-state index contributed by atoms with van der Waals surface area (Å²) in [4.78, 5) is 37.8. The molecule has 0 radical (unpaired) electrons. The van der Waals surface area contributed by atoms with Gasteiger partial charge in [-0.25, -0.2) is 4.79 Å². The minimum atomic E-state index is -0.858. The van der Waals surface area contributed by atoms with Crippen molar-refractivity contribution in [2.24, 2.45) is 0 Å². The maximum atomic E-state index is 12.9. The van der Waals surface area contributed by atoms with Crippen LogP contribution < -0.4 is 10.7 Å². The number of aryl methyl sites for hydroxylation is 1. The normalized spacial score (nSPS) is 18.8. The Hall–Kier alpha value is -2.57.